The van der Waals surface area contributed by atoms with Crippen molar-refractivity contribution in [1.82, 2.24) is 4.31 Å². The Kier molecular flexibility index (Phi) is 4.45. The number of carboxylic acid groups (broad SMARTS) is 1. The molecule has 2 aliphatic rings. The Morgan fingerprint density at radius 1 is 1.17 bits per heavy atom. The molecule has 23 heavy (non-hydrogen) atoms. The topological polar surface area (TPSA) is 93.1 Å². The van der Waals surface area contributed by atoms with E-state index in [0.29, 0.717) is 38.2 Å². The minimum absolute atomic E-state index is 0.0886. The van der Waals surface area contributed by atoms with E-state index < -0.39 is 21.9 Å². The summed E-state index contributed by atoms with van der Waals surface area (Å²) in [5.74, 6) is -0.657. The van der Waals surface area contributed by atoms with Gasteiger partial charge in [-0.3, -0.25) is 4.79 Å². The molecular formula is C15H19NO6S. The smallest absolute Gasteiger partial charge is 0.306 e. The molecule has 8 heteroatoms. The highest BCUT2D eigenvalue weighted by molar-refractivity contribution is 7.89. The van der Waals surface area contributed by atoms with Crippen LogP contribution in [-0.2, 0) is 14.8 Å². The zero-order valence-corrected chi connectivity index (χ0v) is 13.4. The molecule has 126 valence electrons. The predicted molar refractivity (Wildman–Crippen MR) is 81.2 cm³/mol. The van der Waals surface area contributed by atoms with Crippen LogP contribution in [0, 0.1) is 5.92 Å². The van der Waals surface area contributed by atoms with Crippen molar-refractivity contribution in [2.45, 2.75) is 24.2 Å². The van der Waals surface area contributed by atoms with Crippen LogP contribution in [0.15, 0.2) is 23.1 Å². The first-order valence-corrected chi connectivity index (χ1v) is 9.06. The Morgan fingerprint density at radius 3 is 2.57 bits per heavy atom. The molecule has 0 unspecified atom stereocenters. The average molecular weight is 341 g/mol. The number of hydrogen-bond donors (Lipinski definition) is 1. The third-order valence-corrected chi connectivity index (χ3v) is 6.08. The molecular weight excluding hydrogens is 322 g/mol. The van der Waals surface area contributed by atoms with Crippen LogP contribution in [0.2, 0.25) is 0 Å². The summed E-state index contributed by atoms with van der Waals surface area (Å²) in [6.07, 6.45) is 1.33. The van der Waals surface area contributed by atoms with E-state index in [1.807, 2.05) is 0 Å². The van der Waals surface area contributed by atoms with Gasteiger partial charge in [0, 0.05) is 19.5 Å². The lowest BCUT2D eigenvalue weighted by molar-refractivity contribution is -0.142. The largest absolute Gasteiger partial charge is 0.490 e. The number of aliphatic carboxylic acids is 1. The number of carbonyl (C=O) groups is 1. The van der Waals surface area contributed by atoms with Crippen LogP contribution < -0.4 is 9.47 Å². The van der Waals surface area contributed by atoms with Crippen LogP contribution >= 0.6 is 0 Å². The fourth-order valence-electron chi connectivity index (χ4n) is 2.85. The molecule has 0 aromatic heterocycles. The molecule has 7 nitrogen and oxygen atoms in total. The number of para-hydroxylation sites is 1. The van der Waals surface area contributed by atoms with Gasteiger partial charge in [0.2, 0.25) is 10.0 Å². The van der Waals surface area contributed by atoms with Crippen molar-refractivity contribution in [3.8, 4) is 11.5 Å². The van der Waals surface area contributed by atoms with E-state index in [1.54, 1.807) is 12.1 Å². The van der Waals surface area contributed by atoms with Crippen molar-refractivity contribution in [2.24, 2.45) is 5.92 Å². The highest BCUT2D eigenvalue weighted by atomic mass is 32.2. The molecule has 0 aliphatic carbocycles. The van der Waals surface area contributed by atoms with Crippen molar-refractivity contribution in [3.05, 3.63) is 18.2 Å². The molecule has 3 rings (SSSR count). The second-order valence-corrected chi connectivity index (χ2v) is 7.56. The fraction of sp³-hybridized carbons (Fsp3) is 0.533. The summed E-state index contributed by atoms with van der Waals surface area (Å²) in [6.45, 7) is 1.29. The molecule has 1 fully saturated rings. The molecule has 2 heterocycles. The molecule has 1 aromatic carbocycles. The molecule has 0 radical (unpaired) electrons. The lowest BCUT2D eigenvalue weighted by Crippen LogP contribution is -2.40. The average Bonchev–Trinajstić information content (AvgIpc) is 2.80. The van der Waals surface area contributed by atoms with Gasteiger partial charge in [-0.15, -0.1) is 0 Å². The quantitative estimate of drug-likeness (QED) is 0.891. The molecule has 1 aromatic rings. The number of sulfonamides is 1. The number of hydrogen-bond acceptors (Lipinski definition) is 5. The van der Waals surface area contributed by atoms with Crippen LogP contribution in [0.3, 0.4) is 0 Å². The van der Waals surface area contributed by atoms with Gasteiger partial charge >= 0.3 is 5.97 Å². The standard InChI is InChI=1S/C15H19NO6S/c17-15(18)11-5-7-16(8-6-11)23(19,20)13-4-1-3-12-14(13)22-10-2-9-21-12/h1,3-4,11H,2,5-10H2,(H,17,18). The number of rotatable bonds is 3. The predicted octanol–water partition coefficient (Wildman–Crippen LogP) is 1.33. The van der Waals surface area contributed by atoms with Gasteiger partial charge in [0.25, 0.3) is 0 Å². The summed E-state index contributed by atoms with van der Waals surface area (Å²) in [5.41, 5.74) is 0. The van der Waals surface area contributed by atoms with Gasteiger partial charge in [-0.2, -0.15) is 4.31 Å². The molecule has 0 saturated carbocycles. The molecule has 0 atom stereocenters. The van der Waals surface area contributed by atoms with Crippen LogP contribution in [0.4, 0.5) is 0 Å². The van der Waals surface area contributed by atoms with Gasteiger partial charge in [0.05, 0.1) is 19.1 Å². The van der Waals surface area contributed by atoms with E-state index in [9.17, 15) is 13.2 Å². The third kappa shape index (κ3) is 3.13. The van der Waals surface area contributed by atoms with Crippen LogP contribution in [0.5, 0.6) is 11.5 Å². The maximum absolute atomic E-state index is 12.9. The number of piperidine rings is 1. The van der Waals surface area contributed by atoms with E-state index in [0.717, 1.165) is 0 Å². The summed E-state index contributed by atoms with van der Waals surface area (Å²) in [6, 6.07) is 4.83. The minimum atomic E-state index is -3.73. The number of carboxylic acids is 1. The molecule has 1 N–H and O–H groups in total. The second-order valence-electron chi connectivity index (χ2n) is 5.65. The number of nitrogens with zero attached hydrogens (tertiary/aromatic N) is 1. The maximum Gasteiger partial charge on any atom is 0.306 e. The second kappa shape index (κ2) is 6.37. The summed E-state index contributed by atoms with van der Waals surface area (Å²) in [7, 11) is -3.73. The number of ether oxygens (including phenoxy) is 2. The number of fused-ring (bicyclic) bond motifs is 1. The van der Waals surface area contributed by atoms with Crippen molar-refractivity contribution in [1.29, 1.82) is 0 Å². The summed E-state index contributed by atoms with van der Waals surface area (Å²) < 4.78 is 38.2. The molecule has 2 aliphatic heterocycles. The first kappa shape index (κ1) is 16.1. The summed E-state index contributed by atoms with van der Waals surface area (Å²) in [4.78, 5) is 11.1. The highest BCUT2D eigenvalue weighted by Gasteiger charge is 2.34. The fourth-order valence-corrected chi connectivity index (χ4v) is 4.47. The molecule has 0 amide bonds. The Bertz CT molecular complexity index is 694. The summed E-state index contributed by atoms with van der Waals surface area (Å²) in [5, 5.41) is 9.03. The van der Waals surface area contributed by atoms with Gasteiger partial charge in [-0.05, 0) is 25.0 Å². The van der Waals surface area contributed by atoms with Gasteiger partial charge in [-0.25, -0.2) is 8.42 Å². The van der Waals surface area contributed by atoms with Gasteiger partial charge in [-0.1, -0.05) is 6.07 Å². The summed E-state index contributed by atoms with van der Waals surface area (Å²) >= 11 is 0. The first-order chi connectivity index (χ1) is 11.0. The normalized spacial score (nSPS) is 20.0. The zero-order valence-electron chi connectivity index (χ0n) is 12.6. The Morgan fingerprint density at radius 2 is 1.87 bits per heavy atom. The van der Waals surface area contributed by atoms with Crippen molar-refractivity contribution >= 4 is 16.0 Å². The van der Waals surface area contributed by atoms with Gasteiger partial charge in [0.1, 0.15) is 4.90 Å². The molecule has 0 spiro atoms. The van der Waals surface area contributed by atoms with Crippen LogP contribution in [-0.4, -0.2) is 50.1 Å². The van der Waals surface area contributed by atoms with E-state index in [2.05, 4.69) is 0 Å². The third-order valence-electron chi connectivity index (χ3n) is 4.16. The lowest BCUT2D eigenvalue weighted by atomic mass is 9.99. The lowest BCUT2D eigenvalue weighted by Gasteiger charge is -2.29. The van der Waals surface area contributed by atoms with E-state index in [1.165, 1.54) is 10.4 Å². The number of benzene rings is 1. The Balaban J connectivity index is 1.88. The molecule has 0 bridgehead atoms. The van der Waals surface area contributed by atoms with Crippen molar-refractivity contribution < 1.29 is 27.8 Å². The first-order valence-electron chi connectivity index (χ1n) is 7.62. The van der Waals surface area contributed by atoms with E-state index in [-0.39, 0.29) is 23.7 Å². The zero-order chi connectivity index (χ0) is 16.4. The van der Waals surface area contributed by atoms with Crippen molar-refractivity contribution in [3.63, 3.8) is 0 Å². The van der Waals surface area contributed by atoms with Crippen LogP contribution in [0.25, 0.3) is 0 Å². The minimum Gasteiger partial charge on any atom is -0.490 e. The Labute approximate surface area is 134 Å². The van der Waals surface area contributed by atoms with Crippen molar-refractivity contribution in [2.75, 3.05) is 26.3 Å². The van der Waals surface area contributed by atoms with Gasteiger partial charge in [0.15, 0.2) is 11.5 Å². The maximum atomic E-state index is 12.9. The van der Waals surface area contributed by atoms with Gasteiger partial charge < -0.3 is 14.6 Å². The monoisotopic (exact) mass is 341 g/mol. The van der Waals surface area contributed by atoms with E-state index >= 15 is 0 Å². The van der Waals surface area contributed by atoms with E-state index in [4.69, 9.17) is 14.6 Å². The highest BCUT2D eigenvalue weighted by Crippen LogP contribution is 2.38. The Hall–Kier alpha value is -1.80. The van der Waals surface area contributed by atoms with Crippen LogP contribution in [0.1, 0.15) is 19.3 Å². The SMILES string of the molecule is O=C(O)C1CCN(S(=O)(=O)c2cccc3c2OCCCO3)CC1. The molecule has 1 saturated heterocycles.